The Bertz CT molecular complexity index is 1160. The first-order valence-electron chi connectivity index (χ1n) is 9.98. The van der Waals surface area contributed by atoms with Gasteiger partial charge in [0.1, 0.15) is 11.4 Å². The fourth-order valence-electron chi connectivity index (χ4n) is 3.70. The van der Waals surface area contributed by atoms with Gasteiger partial charge in [-0.3, -0.25) is 4.79 Å². The maximum atomic E-state index is 13.5. The average Bonchev–Trinajstić information content (AvgIpc) is 3.14. The molecule has 0 bridgehead atoms. The zero-order valence-electron chi connectivity index (χ0n) is 17.1. The molecule has 0 spiro atoms. The third kappa shape index (κ3) is 3.68. The molecule has 0 N–H and O–H groups in total. The minimum Gasteiger partial charge on any atom is -0.494 e. The van der Waals surface area contributed by atoms with Crippen molar-refractivity contribution in [2.75, 3.05) is 39.8 Å². The molecule has 1 saturated heterocycles. The van der Waals surface area contributed by atoms with Gasteiger partial charge in [0.25, 0.3) is 15.9 Å². The van der Waals surface area contributed by atoms with Gasteiger partial charge in [-0.25, -0.2) is 12.4 Å². The second kappa shape index (κ2) is 8.12. The standard InChI is InChI=1S/C22H25N3O4S/c1-3-29-18-9-10-20-17(15-18)16-21(22(26)24-13-11-23(2)12-14-24)25(20)30(27,28)19-7-5-4-6-8-19/h4-10,15-16H,3,11-14H2,1-2H3. The Morgan fingerprint density at radius 1 is 1.00 bits per heavy atom. The van der Waals surface area contributed by atoms with Gasteiger partial charge in [0.05, 0.1) is 17.0 Å². The number of carbonyl (C=O) groups excluding carboxylic acids is 1. The molecule has 0 radical (unpaired) electrons. The Kier molecular flexibility index (Phi) is 5.53. The number of rotatable bonds is 5. The van der Waals surface area contributed by atoms with Gasteiger partial charge in [0, 0.05) is 31.6 Å². The van der Waals surface area contributed by atoms with Crippen molar-refractivity contribution in [2.45, 2.75) is 11.8 Å². The number of likely N-dealkylation sites (N-methyl/N-ethyl adjacent to an activating group) is 1. The molecule has 1 aromatic heterocycles. The summed E-state index contributed by atoms with van der Waals surface area (Å²) in [5.74, 6) is 0.356. The number of ether oxygens (including phenoxy) is 1. The molecule has 3 aromatic rings. The minimum atomic E-state index is -3.95. The molecule has 30 heavy (non-hydrogen) atoms. The van der Waals surface area contributed by atoms with Crippen LogP contribution in [-0.4, -0.2) is 67.9 Å². The van der Waals surface area contributed by atoms with Crippen LogP contribution in [0.3, 0.4) is 0 Å². The fourth-order valence-corrected chi connectivity index (χ4v) is 5.23. The number of benzene rings is 2. The van der Waals surface area contributed by atoms with E-state index in [0.717, 1.165) is 13.1 Å². The summed E-state index contributed by atoms with van der Waals surface area (Å²) in [6.07, 6.45) is 0. The van der Waals surface area contributed by atoms with E-state index in [1.807, 2.05) is 14.0 Å². The number of amides is 1. The quantitative estimate of drug-likeness (QED) is 0.626. The van der Waals surface area contributed by atoms with Gasteiger partial charge >= 0.3 is 0 Å². The second-order valence-corrected chi connectivity index (χ2v) is 9.15. The molecule has 0 atom stereocenters. The number of hydrogen-bond acceptors (Lipinski definition) is 5. The van der Waals surface area contributed by atoms with Crippen LogP contribution >= 0.6 is 0 Å². The average molecular weight is 428 g/mol. The molecule has 7 nitrogen and oxygen atoms in total. The number of carbonyl (C=O) groups is 1. The summed E-state index contributed by atoms with van der Waals surface area (Å²) >= 11 is 0. The van der Waals surface area contributed by atoms with Crippen LogP contribution in [0.1, 0.15) is 17.4 Å². The highest BCUT2D eigenvalue weighted by atomic mass is 32.2. The molecule has 2 heterocycles. The van der Waals surface area contributed by atoms with Crippen LogP contribution < -0.4 is 4.74 Å². The van der Waals surface area contributed by atoms with Crippen LogP contribution in [0.25, 0.3) is 10.9 Å². The van der Waals surface area contributed by atoms with Crippen LogP contribution in [0, 0.1) is 0 Å². The van der Waals surface area contributed by atoms with E-state index in [1.165, 1.54) is 3.97 Å². The molecular weight excluding hydrogens is 402 g/mol. The van der Waals surface area contributed by atoms with E-state index in [9.17, 15) is 13.2 Å². The lowest BCUT2D eigenvalue weighted by atomic mass is 10.2. The van der Waals surface area contributed by atoms with Crippen LogP contribution in [0.4, 0.5) is 0 Å². The molecule has 1 amide bonds. The van der Waals surface area contributed by atoms with Crippen molar-refractivity contribution in [1.82, 2.24) is 13.8 Å². The van der Waals surface area contributed by atoms with Crippen molar-refractivity contribution < 1.29 is 17.9 Å². The summed E-state index contributed by atoms with van der Waals surface area (Å²) in [6, 6.07) is 15.0. The lowest BCUT2D eigenvalue weighted by Gasteiger charge is -2.32. The van der Waals surface area contributed by atoms with Gasteiger partial charge in [-0.05, 0) is 50.4 Å². The Labute approximate surface area is 176 Å². The first-order chi connectivity index (χ1) is 14.4. The predicted octanol–water partition coefficient (Wildman–Crippen LogP) is 2.66. The first-order valence-corrected chi connectivity index (χ1v) is 11.4. The smallest absolute Gasteiger partial charge is 0.271 e. The maximum Gasteiger partial charge on any atom is 0.271 e. The summed E-state index contributed by atoms with van der Waals surface area (Å²) in [4.78, 5) is 17.4. The van der Waals surface area contributed by atoms with Crippen molar-refractivity contribution in [3.05, 3.63) is 60.3 Å². The van der Waals surface area contributed by atoms with Crippen LogP contribution in [-0.2, 0) is 10.0 Å². The third-order valence-electron chi connectivity index (χ3n) is 5.33. The number of fused-ring (bicyclic) bond motifs is 1. The van der Waals surface area contributed by atoms with Gasteiger partial charge in [0.2, 0.25) is 0 Å². The van der Waals surface area contributed by atoms with E-state index in [-0.39, 0.29) is 16.5 Å². The molecule has 8 heteroatoms. The largest absolute Gasteiger partial charge is 0.494 e. The predicted molar refractivity (Wildman–Crippen MR) is 116 cm³/mol. The SMILES string of the molecule is CCOc1ccc2c(c1)cc(C(=O)N1CCN(C)CC1)n2S(=O)(=O)c1ccccc1. The summed E-state index contributed by atoms with van der Waals surface area (Å²) in [7, 11) is -1.95. The lowest BCUT2D eigenvalue weighted by molar-refractivity contribution is 0.0657. The van der Waals surface area contributed by atoms with E-state index in [2.05, 4.69) is 4.90 Å². The van der Waals surface area contributed by atoms with Crippen molar-refractivity contribution in [3.63, 3.8) is 0 Å². The molecular formula is C22H25N3O4S. The third-order valence-corrected chi connectivity index (χ3v) is 7.07. The summed E-state index contributed by atoms with van der Waals surface area (Å²) < 4.78 is 33.8. The fraction of sp³-hybridized carbons (Fsp3) is 0.318. The monoisotopic (exact) mass is 427 g/mol. The lowest BCUT2D eigenvalue weighted by Crippen LogP contribution is -2.47. The van der Waals surface area contributed by atoms with Gasteiger partial charge in [-0.15, -0.1) is 0 Å². The number of aromatic nitrogens is 1. The van der Waals surface area contributed by atoms with Crippen LogP contribution in [0.2, 0.25) is 0 Å². The Hall–Kier alpha value is -2.84. The van der Waals surface area contributed by atoms with Gasteiger partial charge in [-0.2, -0.15) is 0 Å². The molecule has 2 aromatic carbocycles. The molecule has 0 aliphatic carbocycles. The van der Waals surface area contributed by atoms with Gasteiger partial charge < -0.3 is 14.5 Å². The summed E-state index contributed by atoms with van der Waals surface area (Å²) in [5, 5.41) is 0.651. The topological polar surface area (TPSA) is 71.8 Å². The zero-order chi connectivity index (χ0) is 21.3. The van der Waals surface area contributed by atoms with Crippen LogP contribution in [0.15, 0.2) is 59.5 Å². The molecule has 158 valence electrons. The van der Waals surface area contributed by atoms with E-state index in [1.54, 1.807) is 59.5 Å². The summed E-state index contributed by atoms with van der Waals surface area (Å²) in [5.41, 5.74) is 0.604. The van der Waals surface area contributed by atoms with Crippen molar-refractivity contribution in [2.24, 2.45) is 0 Å². The van der Waals surface area contributed by atoms with Crippen molar-refractivity contribution in [3.8, 4) is 5.75 Å². The molecule has 1 aliphatic heterocycles. The second-order valence-electron chi connectivity index (χ2n) is 7.36. The van der Waals surface area contributed by atoms with E-state index >= 15 is 0 Å². The van der Waals surface area contributed by atoms with Crippen LogP contribution in [0.5, 0.6) is 5.75 Å². The van der Waals surface area contributed by atoms with E-state index < -0.39 is 10.0 Å². The highest BCUT2D eigenvalue weighted by Gasteiger charge is 2.30. The molecule has 4 rings (SSSR count). The van der Waals surface area contributed by atoms with E-state index in [0.29, 0.717) is 36.3 Å². The Balaban J connectivity index is 1.88. The molecule has 1 aliphatic rings. The zero-order valence-corrected chi connectivity index (χ0v) is 17.9. The molecule has 1 fully saturated rings. The molecule has 0 unspecified atom stereocenters. The number of nitrogens with zero attached hydrogens (tertiary/aromatic N) is 3. The Morgan fingerprint density at radius 3 is 2.37 bits per heavy atom. The highest BCUT2D eigenvalue weighted by molar-refractivity contribution is 7.90. The maximum absolute atomic E-state index is 13.5. The van der Waals surface area contributed by atoms with E-state index in [4.69, 9.17) is 4.74 Å². The van der Waals surface area contributed by atoms with Crippen molar-refractivity contribution in [1.29, 1.82) is 0 Å². The normalized spacial score (nSPS) is 15.5. The summed E-state index contributed by atoms with van der Waals surface area (Å²) in [6.45, 7) is 5.02. The van der Waals surface area contributed by atoms with Gasteiger partial charge in [0.15, 0.2) is 0 Å². The molecule has 0 saturated carbocycles. The van der Waals surface area contributed by atoms with Crippen molar-refractivity contribution >= 4 is 26.8 Å². The number of hydrogen-bond donors (Lipinski definition) is 0. The highest BCUT2D eigenvalue weighted by Crippen LogP contribution is 2.29. The Morgan fingerprint density at radius 2 is 1.70 bits per heavy atom. The first kappa shape index (κ1) is 20.4. The number of piperazine rings is 1. The van der Waals surface area contributed by atoms with Gasteiger partial charge in [-0.1, -0.05) is 18.2 Å². The minimum absolute atomic E-state index is 0.142.